The summed E-state index contributed by atoms with van der Waals surface area (Å²) in [6, 6.07) is 28.5. The van der Waals surface area contributed by atoms with Crippen LogP contribution in [0, 0.1) is 0 Å². The first-order valence-electron chi connectivity index (χ1n) is 15.1. The monoisotopic (exact) mass is 609 g/mol. The second-order valence-corrected chi connectivity index (χ2v) is 12.5. The zero-order valence-corrected chi connectivity index (χ0v) is 26.5. The van der Waals surface area contributed by atoms with Gasteiger partial charge in [-0.3, -0.25) is 9.59 Å². The van der Waals surface area contributed by atoms with Gasteiger partial charge in [0, 0.05) is 42.2 Å². The molecule has 4 aromatic rings. The Kier molecular flexibility index (Phi) is 11.1. The van der Waals surface area contributed by atoms with Crippen molar-refractivity contribution < 1.29 is 19.1 Å². The molecule has 0 radical (unpaired) electrons. The highest BCUT2D eigenvalue weighted by Gasteiger charge is 2.32. The van der Waals surface area contributed by atoms with E-state index < -0.39 is 18.0 Å². The summed E-state index contributed by atoms with van der Waals surface area (Å²) < 4.78 is 5.35. The van der Waals surface area contributed by atoms with E-state index in [1.54, 1.807) is 6.20 Å². The number of hydrogen-bond donors (Lipinski definition) is 3. The quantitative estimate of drug-likeness (QED) is 0.183. The molecule has 4 rings (SSSR count). The van der Waals surface area contributed by atoms with Crippen LogP contribution >= 0.6 is 0 Å². The molecule has 9 heteroatoms. The van der Waals surface area contributed by atoms with Crippen molar-refractivity contribution >= 4 is 17.9 Å². The topological polar surface area (TPSA) is 116 Å². The van der Waals surface area contributed by atoms with Crippen LogP contribution in [-0.2, 0) is 38.2 Å². The van der Waals surface area contributed by atoms with Gasteiger partial charge in [0.25, 0.3) is 0 Å². The largest absolute Gasteiger partial charge is 0.445 e. The van der Waals surface area contributed by atoms with Crippen LogP contribution in [0.3, 0.4) is 0 Å². The maximum Gasteiger partial charge on any atom is 0.408 e. The molecule has 0 unspecified atom stereocenters. The number of imidazole rings is 1. The second-order valence-electron chi connectivity index (χ2n) is 12.5. The van der Waals surface area contributed by atoms with Crippen molar-refractivity contribution in [1.82, 2.24) is 25.5 Å². The van der Waals surface area contributed by atoms with Gasteiger partial charge in [0.2, 0.25) is 11.8 Å². The predicted octanol–water partition coefficient (Wildman–Crippen LogP) is 5.15. The van der Waals surface area contributed by atoms with Gasteiger partial charge < -0.3 is 25.3 Å². The third kappa shape index (κ3) is 9.79. The average Bonchev–Trinajstić information content (AvgIpc) is 3.56. The third-order valence-electron chi connectivity index (χ3n) is 7.85. The van der Waals surface area contributed by atoms with Gasteiger partial charge in [-0.05, 0) is 16.7 Å². The van der Waals surface area contributed by atoms with Crippen LogP contribution in [0.25, 0.3) is 0 Å². The molecule has 0 aliphatic rings. The SMILES string of the molecule is CC(C)(CN(CC(C)(C)c1ccccc1)C(=O)CNC(=O)[C@H](Cc1cnc[nH]1)NC(=O)OCc1ccccc1)c1ccccc1. The summed E-state index contributed by atoms with van der Waals surface area (Å²) in [7, 11) is 0. The number of carbonyl (C=O) groups is 3. The van der Waals surface area contributed by atoms with E-state index in [1.807, 2.05) is 71.6 Å². The molecule has 0 saturated carbocycles. The third-order valence-corrected chi connectivity index (χ3v) is 7.85. The lowest BCUT2D eigenvalue weighted by Gasteiger charge is -2.38. The summed E-state index contributed by atoms with van der Waals surface area (Å²) in [5.41, 5.74) is 3.01. The smallest absolute Gasteiger partial charge is 0.408 e. The Hall–Kier alpha value is -4.92. The molecule has 0 aliphatic heterocycles. The highest BCUT2D eigenvalue weighted by Crippen LogP contribution is 2.28. The number of rotatable bonds is 14. The van der Waals surface area contributed by atoms with E-state index in [4.69, 9.17) is 4.74 Å². The number of amides is 3. The van der Waals surface area contributed by atoms with Crippen molar-refractivity contribution in [2.24, 2.45) is 0 Å². The summed E-state index contributed by atoms with van der Waals surface area (Å²) >= 11 is 0. The van der Waals surface area contributed by atoms with E-state index in [1.165, 1.54) is 6.33 Å². The molecule has 1 atom stereocenters. The number of ether oxygens (including phenoxy) is 1. The van der Waals surface area contributed by atoms with Crippen molar-refractivity contribution in [3.8, 4) is 0 Å². The summed E-state index contributed by atoms with van der Waals surface area (Å²) in [6.07, 6.45) is 2.50. The van der Waals surface area contributed by atoms with Crippen molar-refractivity contribution in [3.05, 3.63) is 126 Å². The Balaban J connectivity index is 1.46. The van der Waals surface area contributed by atoms with Crippen molar-refractivity contribution in [3.63, 3.8) is 0 Å². The molecule has 9 nitrogen and oxygen atoms in total. The predicted molar refractivity (Wildman–Crippen MR) is 174 cm³/mol. The number of benzene rings is 3. The molecular formula is C36H43N5O4. The number of nitrogens with zero attached hydrogens (tertiary/aromatic N) is 2. The molecule has 1 aromatic heterocycles. The summed E-state index contributed by atoms with van der Waals surface area (Å²) in [6.45, 7) is 9.18. The number of carbonyl (C=O) groups excluding carboxylic acids is 3. The zero-order valence-electron chi connectivity index (χ0n) is 26.5. The molecule has 0 spiro atoms. The standard InChI is InChI=1S/C36H43N5O4/c1-35(2,28-16-10-6-11-17-28)24-41(25-36(3,4)29-18-12-7-13-19-29)32(42)22-38-33(43)31(20-30-21-37-26-39-30)40-34(44)45-23-27-14-8-5-9-15-27/h5-19,21,26,31H,20,22-25H2,1-4H3,(H,37,39)(H,38,43)(H,40,44)/t31-/m0/s1. The number of aromatic nitrogens is 2. The minimum Gasteiger partial charge on any atom is -0.445 e. The molecule has 45 heavy (non-hydrogen) atoms. The summed E-state index contributed by atoms with van der Waals surface area (Å²) in [5, 5.41) is 5.42. The summed E-state index contributed by atoms with van der Waals surface area (Å²) in [5.74, 6) is -0.720. The maximum absolute atomic E-state index is 13.9. The van der Waals surface area contributed by atoms with Gasteiger partial charge in [-0.15, -0.1) is 0 Å². The van der Waals surface area contributed by atoms with Crippen LogP contribution in [0.15, 0.2) is 104 Å². The molecule has 0 saturated heterocycles. The zero-order chi connectivity index (χ0) is 32.3. The van der Waals surface area contributed by atoms with Crippen LogP contribution in [-0.4, -0.2) is 58.5 Å². The van der Waals surface area contributed by atoms with Gasteiger partial charge in [0.1, 0.15) is 12.6 Å². The molecule has 3 N–H and O–H groups in total. The first-order chi connectivity index (χ1) is 21.5. The second kappa shape index (κ2) is 15.2. The lowest BCUT2D eigenvalue weighted by atomic mass is 9.81. The van der Waals surface area contributed by atoms with Gasteiger partial charge in [0.05, 0.1) is 12.9 Å². The molecule has 0 fully saturated rings. The minimum atomic E-state index is -0.989. The Morgan fingerprint density at radius 3 is 1.87 bits per heavy atom. The van der Waals surface area contributed by atoms with Crippen LogP contribution in [0.1, 0.15) is 50.1 Å². The van der Waals surface area contributed by atoms with Crippen LogP contribution in [0.4, 0.5) is 4.79 Å². The van der Waals surface area contributed by atoms with Crippen molar-refractivity contribution in [2.45, 2.75) is 57.6 Å². The van der Waals surface area contributed by atoms with Crippen LogP contribution in [0.5, 0.6) is 0 Å². The lowest BCUT2D eigenvalue weighted by molar-refractivity contribution is -0.134. The minimum absolute atomic E-state index is 0.0624. The molecule has 3 amide bonds. The van der Waals surface area contributed by atoms with Crippen LogP contribution < -0.4 is 10.6 Å². The molecule has 3 aromatic carbocycles. The molecule has 236 valence electrons. The fraction of sp³-hybridized carbons (Fsp3) is 0.333. The average molecular weight is 610 g/mol. The number of nitrogens with one attached hydrogen (secondary N) is 3. The van der Waals surface area contributed by atoms with Crippen molar-refractivity contribution in [1.29, 1.82) is 0 Å². The molecule has 0 aliphatic carbocycles. The Morgan fingerprint density at radius 2 is 1.36 bits per heavy atom. The van der Waals surface area contributed by atoms with Crippen molar-refractivity contribution in [2.75, 3.05) is 19.6 Å². The number of alkyl carbamates (subject to hydrolysis) is 1. The van der Waals surface area contributed by atoms with Gasteiger partial charge >= 0.3 is 6.09 Å². The van der Waals surface area contributed by atoms with Crippen LogP contribution in [0.2, 0.25) is 0 Å². The van der Waals surface area contributed by atoms with Gasteiger partial charge in [-0.1, -0.05) is 119 Å². The van der Waals surface area contributed by atoms with Gasteiger partial charge in [-0.2, -0.15) is 0 Å². The fourth-order valence-corrected chi connectivity index (χ4v) is 5.28. The number of H-pyrrole nitrogens is 1. The summed E-state index contributed by atoms with van der Waals surface area (Å²) in [4.78, 5) is 48.8. The van der Waals surface area contributed by atoms with E-state index in [0.717, 1.165) is 16.7 Å². The highest BCUT2D eigenvalue weighted by molar-refractivity contribution is 5.89. The van der Waals surface area contributed by atoms with E-state index in [0.29, 0.717) is 18.8 Å². The van der Waals surface area contributed by atoms with E-state index >= 15 is 0 Å². The first-order valence-corrected chi connectivity index (χ1v) is 15.1. The molecule has 0 bridgehead atoms. The number of aromatic amines is 1. The Morgan fingerprint density at radius 1 is 0.822 bits per heavy atom. The number of hydrogen-bond acceptors (Lipinski definition) is 5. The Bertz CT molecular complexity index is 1450. The van der Waals surface area contributed by atoms with E-state index in [2.05, 4.69) is 72.6 Å². The van der Waals surface area contributed by atoms with Gasteiger partial charge in [0.15, 0.2) is 0 Å². The first kappa shape index (κ1) is 33.0. The molecular weight excluding hydrogens is 566 g/mol. The Labute approximate surface area is 265 Å². The normalized spacial score (nSPS) is 12.2. The maximum atomic E-state index is 13.9. The van der Waals surface area contributed by atoms with E-state index in [-0.39, 0.29) is 36.3 Å². The highest BCUT2D eigenvalue weighted by atomic mass is 16.5. The molecule has 1 heterocycles. The van der Waals surface area contributed by atoms with E-state index in [9.17, 15) is 14.4 Å². The van der Waals surface area contributed by atoms with Gasteiger partial charge in [-0.25, -0.2) is 9.78 Å². The lowest BCUT2D eigenvalue weighted by Crippen LogP contribution is -2.53. The fourth-order valence-electron chi connectivity index (χ4n) is 5.28.